The van der Waals surface area contributed by atoms with Crippen LogP contribution in [0.5, 0.6) is 0 Å². The zero-order valence-corrected chi connectivity index (χ0v) is 14.2. The van der Waals surface area contributed by atoms with Gasteiger partial charge in [-0.3, -0.25) is 0 Å². The Kier molecular flexibility index (Phi) is 5.66. The van der Waals surface area contributed by atoms with E-state index >= 15 is 0 Å². The Hall–Kier alpha value is 0.127. The summed E-state index contributed by atoms with van der Waals surface area (Å²) in [5, 5.41) is 0.637. The Labute approximate surface area is 113 Å². The molecule has 1 saturated heterocycles. The molecule has 1 aliphatic rings. The molecule has 0 saturated carbocycles. The van der Waals surface area contributed by atoms with Crippen LogP contribution >= 0.6 is 11.8 Å². The van der Waals surface area contributed by atoms with Crippen molar-refractivity contribution in [1.29, 1.82) is 0 Å². The minimum Gasteiger partial charge on any atom is -0.145 e. The van der Waals surface area contributed by atoms with Crippen molar-refractivity contribution in [2.75, 3.05) is 5.75 Å². The van der Waals surface area contributed by atoms with Gasteiger partial charge in [-0.2, -0.15) is 0 Å². The van der Waals surface area contributed by atoms with Crippen molar-refractivity contribution in [2.24, 2.45) is 0 Å². The maximum atomic E-state index is 3.84. The van der Waals surface area contributed by atoms with Crippen molar-refractivity contribution in [3.8, 4) is 11.5 Å². The molecule has 2 heteroatoms. The third-order valence-electron chi connectivity index (χ3n) is 4.25. The Morgan fingerprint density at radius 2 is 1.53 bits per heavy atom. The van der Waals surface area contributed by atoms with Gasteiger partial charge >= 0.3 is 0 Å². The molecule has 1 fully saturated rings. The molecule has 0 nitrogen and oxygen atoms in total. The predicted octanol–water partition coefficient (Wildman–Crippen LogP) is 5.10. The number of rotatable bonds is 3. The van der Waals surface area contributed by atoms with E-state index in [0.717, 1.165) is 16.6 Å². The van der Waals surface area contributed by atoms with Crippen molar-refractivity contribution >= 4 is 19.8 Å². The number of thioether (sulfide) groups is 1. The fourth-order valence-electron chi connectivity index (χ4n) is 3.33. The first-order valence-electron chi connectivity index (χ1n) is 7.05. The molecule has 0 aliphatic carbocycles. The maximum absolute atomic E-state index is 3.84. The summed E-state index contributed by atoms with van der Waals surface area (Å²) in [4.78, 5) is 0. The highest BCUT2D eigenvalue weighted by molar-refractivity contribution is 8.00. The van der Waals surface area contributed by atoms with Crippen LogP contribution in [0.25, 0.3) is 0 Å². The summed E-state index contributed by atoms with van der Waals surface area (Å²) in [5.41, 5.74) is 6.14. The van der Waals surface area contributed by atoms with Gasteiger partial charge in [0.15, 0.2) is 0 Å². The lowest BCUT2D eigenvalue weighted by Gasteiger charge is -2.38. The number of hydrogen-bond acceptors (Lipinski definition) is 1. The lowest BCUT2D eigenvalue weighted by Crippen LogP contribution is -2.43. The molecule has 0 amide bonds. The summed E-state index contributed by atoms with van der Waals surface area (Å²) < 4.78 is 0. The minimum absolute atomic E-state index is 0.637. The van der Waals surface area contributed by atoms with Crippen LogP contribution in [0, 0.1) is 11.5 Å². The topological polar surface area (TPSA) is 0 Å². The van der Waals surface area contributed by atoms with Crippen LogP contribution in [0.1, 0.15) is 54.4 Å². The summed E-state index contributed by atoms with van der Waals surface area (Å²) >= 11 is 2.07. The lowest BCUT2D eigenvalue weighted by atomic mass is 10.3. The van der Waals surface area contributed by atoms with E-state index in [2.05, 4.69) is 64.8 Å². The molecule has 1 rings (SSSR count). The van der Waals surface area contributed by atoms with Gasteiger partial charge in [0.25, 0.3) is 0 Å². The Bertz CT molecular complexity index is 268. The molecule has 17 heavy (non-hydrogen) atoms. The monoisotopic (exact) mass is 268 g/mol. The lowest BCUT2D eigenvalue weighted by molar-refractivity contribution is 0.837. The summed E-state index contributed by atoms with van der Waals surface area (Å²) in [5.74, 6) is 4.96. The van der Waals surface area contributed by atoms with Crippen LogP contribution in [-0.2, 0) is 0 Å². The van der Waals surface area contributed by atoms with E-state index < -0.39 is 8.07 Å². The van der Waals surface area contributed by atoms with Gasteiger partial charge in [0.05, 0.1) is 5.25 Å². The van der Waals surface area contributed by atoms with Gasteiger partial charge in [0.2, 0.25) is 0 Å². The Morgan fingerprint density at radius 3 is 1.88 bits per heavy atom. The molecule has 1 unspecified atom stereocenters. The molecule has 0 N–H and O–H groups in total. The normalized spacial score (nSPS) is 21.1. The van der Waals surface area contributed by atoms with Crippen molar-refractivity contribution < 1.29 is 0 Å². The summed E-state index contributed by atoms with van der Waals surface area (Å²) in [6.45, 7) is 14.3. The van der Waals surface area contributed by atoms with Crippen LogP contribution < -0.4 is 0 Å². The Morgan fingerprint density at radius 1 is 1.00 bits per heavy atom. The van der Waals surface area contributed by atoms with Gasteiger partial charge in [-0.15, -0.1) is 17.3 Å². The standard InChI is InChI=1S/C15H28SSi/c1-12(2)17(13(3)4,14(5)6)11-9-15-8-7-10-16-15/h12-15H,7-8,10H2,1-6H3. The molecule has 0 aromatic rings. The van der Waals surface area contributed by atoms with Gasteiger partial charge < -0.3 is 0 Å². The maximum Gasteiger partial charge on any atom is 0.146 e. The van der Waals surface area contributed by atoms with Crippen LogP contribution in [0.2, 0.25) is 16.6 Å². The van der Waals surface area contributed by atoms with Gasteiger partial charge in [0.1, 0.15) is 8.07 Å². The van der Waals surface area contributed by atoms with Gasteiger partial charge in [-0.1, -0.05) is 47.5 Å². The Balaban J connectivity index is 2.96. The second-order valence-electron chi connectivity index (χ2n) is 6.17. The third-order valence-corrected chi connectivity index (χ3v) is 11.8. The van der Waals surface area contributed by atoms with Crippen LogP contribution in [0.3, 0.4) is 0 Å². The van der Waals surface area contributed by atoms with Crippen LogP contribution in [0.15, 0.2) is 0 Å². The summed E-state index contributed by atoms with van der Waals surface area (Å²) in [7, 11) is -1.47. The predicted molar refractivity (Wildman–Crippen MR) is 84.3 cm³/mol. The fourth-order valence-corrected chi connectivity index (χ4v) is 9.82. The molecular formula is C15H28SSi. The summed E-state index contributed by atoms with van der Waals surface area (Å²) in [6.07, 6.45) is 2.68. The molecule has 1 atom stereocenters. The zero-order valence-electron chi connectivity index (χ0n) is 12.3. The summed E-state index contributed by atoms with van der Waals surface area (Å²) in [6, 6.07) is 0. The van der Waals surface area contributed by atoms with E-state index in [-0.39, 0.29) is 0 Å². The van der Waals surface area contributed by atoms with Crippen molar-refractivity contribution in [2.45, 2.75) is 76.3 Å². The van der Waals surface area contributed by atoms with E-state index in [1.165, 1.54) is 18.6 Å². The van der Waals surface area contributed by atoms with E-state index in [1.807, 2.05) is 0 Å². The first-order valence-corrected chi connectivity index (χ1v) is 10.3. The highest BCUT2D eigenvalue weighted by atomic mass is 32.2. The SMILES string of the molecule is CC(C)[Si](C#CC1CCCS1)(C(C)C)C(C)C. The van der Waals surface area contributed by atoms with E-state index in [1.54, 1.807) is 0 Å². The molecule has 0 spiro atoms. The quantitative estimate of drug-likeness (QED) is 0.507. The minimum atomic E-state index is -1.47. The highest BCUT2D eigenvalue weighted by Crippen LogP contribution is 2.41. The van der Waals surface area contributed by atoms with E-state index in [9.17, 15) is 0 Å². The second-order valence-corrected chi connectivity index (χ2v) is 13.1. The average Bonchev–Trinajstić information content (AvgIpc) is 2.69. The molecule has 0 radical (unpaired) electrons. The van der Waals surface area contributed by atoms with Crippen LogP contribution in [0.4, 0.5) is 0 Å². The largest absolute Gasteiger partial charge is 0.146 e. The van der Waals surface area contributed by atoms with Gasteiger partial charge in [-0.25, -0.2) is 0 Å². The highest BCUT2D eigenvalue weighted by Gasteiger charge is 2.41. The zero-order chi connectivity index (χ0) is 13.1. The molecule has 98 valence electrons. The molecule has 0 bridgehead atoms. The van der Waals surface area contributed by atoms with Crippen LogP contribution in [-0.4, -0.2) is 19.1 Å². The van der Waals surface area contributed by atoms with Gasteiger partial charge in [-0.05, 0) is 35.2 Å². The van der Waals surface area contributed by atoms with E-state index in [0.29, 0.717) is 5.25 Å². The molecule has 0 aromatic carbocycles. The van der Waals surface area contributed by atoms with Crippen molar-refractivity contribution in [3.05, 3.63) is 0 Å². The second kappa shape index (κ2) is 6.34. The smallest absolute Gasteiger partial charge is 0.145 e. The van der Waals surface area contributed by atoms with E-state index in [4.69, 9.17) is 0 Å². The first-order chi connectivity index (χ1) is 7.91. The molecular weight excluding hydrogens is 240 g/mol. The molecule has 1 heterocycles. The first kappa shape index (κ1) is 15.2. The van der Waals surface area contributed by atoms with Crippen molar-refractivity contribution in [1.82, 2.24) is 0 Å². The molecule has 1 aliphatic heterocycles. The third kappa shape index (κ3) is 3.32. The average molecular weight is 269 g/mol. The molecule has 0 aromatic heterocycles. The van der Waals surface area contributed by atoms with Gasteiger partial charge in [0, 0.05) is 0 Å². The van der Waals surface area contributed by atoms with Crippen molar-refractivity contribution in [3.63, 3.8) is 0 Å². The number of hydrogen-bond donors (Lipinski definition) is 0. The fraction of sp³-hybridized carbons (Fsp3) is 0.867.